The van der Waals surface area contributed by atoms with Crippen molar-refractivity contribution < 1.29 is 9.90 Å². The van der Waals surface area contributed by atoms with Crippen molar-refractivity contribution in [2.75, 3.05) is 0 Å². The number of nitrogens with one attached hydrogen (secondary N) is 2. The number of imidazole rings is 1. The summed E-state index contributed by atoms with van der Waals surface area (Å²) in [6.07, 6.45) is -0.336. The molecule has 0 aromatic carbocycles. The molecule has 0 amide bonds. The van der Waals surface area contributed by atoms with E-state index in [1.165, 1.54) is 0 Å². The number of halogens is 1. The molecule has 0 radical (unpaired) electrons. The summed E-state index contributed by atoms with van der Waals surface area (Å²) in [4.78, 5) is 40.8. The number of aromatic nitrogens is 4. The van der Waals surface area contributed by atoms with E-state index in [0.717, 1.165) is 10.9 Å². The summed E-state index contributed by atoms with van der Waals surface area (Å²) in [5.74, 6) is -1.31. The third-order valence-corrected chi connectivity index (χ3v) is 2.02. The fourth-order valence-corrected chi connectivity index (χ4v) is 1.28. The summed E-state index contributed by atoms with van der Waals surface area (Å²) in [7, 11) is 0. The van der Waals surface area contributed by atoms with Crippen molar-refractivity contribution in [2.45, 2.75) is 6.17 Å². The van der Waals surface area contributed by atoms with Gasteiger partial charge in [-0.15, -0.1) is 12.4 Å². The maximum absolute atomic E-state index is 11.3. The Bertz CT molecular complexity index is 671. The lowest BCUT2D eigenvalue weighted by Gasteiger charge is -2.07. The highest BCUT2D eigenvalue weighted by Gasteiger charge is 2.18. The van der Waals surface area contributed by atoms with E-state index in [2.05, 4.69) is 9.97 Å². The average Bonchev–Trinajstić information content (AvgIpc) is 2.60. The topological polar surface area (TPSA) is 147 Å². The zero-order valence-electron chi connectivity index (χ0n) is 8.21. The van der Waals surface area contributed by atoms with Gasteiger partial charge in [0.25, 0.3) is 5.56 Å². The second-order valence-electron chi connectivity index (χ2n) is 3.04. The first kappa shape index (κ1) is 12.9. The molecule has 2 aromatic heterocycles. The summed E-state index contributed by atoms with van der Waals surface area (Å²) >= 11 is 0. The number of carbonyl (C=O) groups is 1. The Balaban J connectivity index is 0.00000144. The number of hydrogen-bond donors (Lipinski definition) is 4. The van der Waals surface area contributed by atoms with E-state index in [4.69, 9.17) is 10.8 Å². The van der Waals surface area contributed by atoms with Crippen molar-refractivity contribution in [3.63, 3.8) is 0 Å². The molecule has 0 saturated carbocycles. The van der Waals surface area contributed by atoms with Crippen LogP contribution in [0.25, 0.3) is 11.2 Å². The minimum Gasteiger partial charge on any atom is -0.479 e. The van der Waals surface area contributed by atoms with Crippen LogP contribution in [0.15, 0.2) is 15.9 Å². The molecule has 0 bridgehead atoms. The Labute approximate surface area is 98.7 Å². The normalized spacial score (nSPS) is 12.1. The summed E-state index contributed by atoms with van der Waals surface area (Å²) in [6.45, 7) is 0. The highest BCUT2D eigenvalue weighted by molar-refractivity contribution is 5.85. The van der Waals surface area contributed by atoms with Gasteiger partial charge in [-0.3, -0.25) is 19.3 Å². The molecule has 10 heteroatoms. The first-order valence-corrected chi connectivity index (χ1v) is 4.18. The molecule has 0 spiro atoms. The Morgan fingerprint density at radius 2 is 2.12 bits per heavy atom. The lowest BCUT2D eigenvalue weighted by atomic mass is 10.5. The molecule has 5 N–H and O–H groups in total. The molecule has 2 aromatic rings. The maximum atomic E-state index is 11.3. The van der Waals surface area contributed by atoms with Gasteiger partial charge in [0.2, 0.25) is 0 Å². The number of nitrogens with two attached hydrogens (primary N) is 1. The van der Waals surface area contributed by atoms with Crippen LogP contribution in [0.1, 0.15) is 6.17 Å². The first-order chi connectivity index (χ1) is 7.50. The standard InChI is InChI=1S/C7H7N5O4.ClH/c8-3(6(14)15)12-1-9-2-4(12)10-7(16)11-5(2)13;/h1,3H,8H2,(H,14,15)(H2,10,11,13,16);1H. The Morgan fingerprint density at radius 1 is 1.47 bits per heavy atom. The smallest absolute Gasteiger partial charge is 0.341 e. The number of rotatable bonds is 2. The van der Waals surface area contributed by atoms with Gasteiger partial charge in [0.15, 0.2) is 11.7 Å². The van der Waals surface area contributed by atoms with Crippen molar-refractivity contribution in [1.82, 2.24) is 19.5 Å². The lowest BCUT2D eigenvalue weighted by molar-refractivity contribution is -0.140. The largest absolute Gasteiger partial charge is 0.479 e. The van der Waals surface area contributed by atoms with Crippen LogP contribution in [0.4, 0.5) is 0 Å². The number of fused-ring (bicyclic) bond motifs is 1. The second kappa shape index (κ2) is 4.39. The molecule has 1 unspecified atom stereocenters. The summed E-state index contributed by atoms with van der Waals surface area (Å²) < 4.78 is 0.994. The van der Waals surface area contributed by atoms with Crippen LogP contribution in [0.5, 0.6) is 0 Å². The second-order valence-corrected chi connectivity index (χ2v) is 3.04. The molecule has 0 fully saturated rings. The van der Waals surface area contributed by atoms with Crippen molar-refractivity contribution >= 4 is 29.5 Å². The molecule has 92 valence electrons. The Hall–Kier alpha value is -2.13. The number of aliphatic carboxylic acids is 1. The summed E-state index contributed by atoms with van der Waals surface area (Å²) in [5, 5.41) is 8.70. The van der Waals surface area contributed by atoms with Crippen LogP contribution in [-0.4, -0.2) is 30.6 Å². The van der Waals surface area contributed by atoms with E-state index in [1.807, 2.05) is 4.98 Å². The van der Waals surface area contributed by atoms with Gasteiger partial charge in [0, 0.05) is 0 Å². The maximum Gasteiger partial charge on any atom is 0.341 e. The third kappa shape index (κ3) is 2.05. The van der Waals surface area contributed by atoms with E-state index in [1.54, 1.807) is 0 Å². The Morgan fingerprint density at radius 3 is 2.71 bits per heavy atom. The monoisotopic (exact) mass is 261 g/mol. The molecule has 0 aliphatic rings. The highest BCUT2D eigenvalue weighted by Crippen LogP contribution is 2.07. The van der Waals surface area contributed by atoms with E-state index < -0.39 is 23.4 Å². The van der Waals surface area contributed by atoms with Gasteiger partial charge in [0.1, 0.15) is 5.65 Å². The number of carboxylic acids is 1. The van der Waals surface area contributed by atoms with Gasteiger partial charge in [-0.2, -0.15) is 0 Å². The van der Waals surface area contributed by atoms with Crippen LogP contribution in [-0.2, 0) is 4.79 Å². The van der Waals surface area contributed by atoms with E-state index in [-0.39, 0.29) is 23.6 Å². The molecule has 0 aliphatic carbocycles. The molecule has 17 heavy (non-hydrogen) atoms. The van der Waals surface area contributed by atoms with Gasteiger partial charge in [-0.1, -0.05) is 0 Å². The Kier molecular flexibility index (Phi) is 3.34. The molecule has 9 nitrogen and oxygen atoms in total. The molecular formula is C7H8ClN5O4. The van der Waals surface area contributed by atoms with E-state index in [9.17, 15) is 14.4 Å². The molecule has 2 heterocycles. The number of carboxylic acid groups (broad SMARTS) is 1. The van der Waals surface area contributed by atoms with Crippen molar-refractivity contribution in [1.29, 1.82) is 0 Å². The van der Waals surface area contributed by atoms with E-state index in [0.29, 0.717) is 0 Å². The van der Waals surface area contributed by atoms with Crippen LogP contribution in [0.2, 0.25) is 0 Å². The van der Waals surface area contributed by atoms with Gasteiger partial charge >= 0.3 is 11.7 Å². The number of nitrogens with zero attached hydrogens (tertiary/aromatic N) is 2. The molecule has 2 rings (SSSR count). The third-order valence-electron chi connectivity index (χ3n) is 2.02. The van der Waals surface area contributed by atoms with Crippen molar-refractivity contribution in [3.05, 3.63) is 27.2 Å². The van der Waals surface area contributed by atoms with Crippen molar-refractivity contribution in [2.24, 2.45) is 5.73 Å². The van der Waals surface area contributed by atoms with Gasteiger partial charge in [0.05, 0.1) is 6.33 Å². The zero-order chi connectivity index (χ0) is 11.9. The molecule has 1 atom stereocenters. The predicted octanol–water partition coefficient (Wildman–Crippen LogP) is -1.62. The van der Waals surface area contributed by atoms with Crippen LogP contribution < -0.4 is 17.0 Å². The molecule has 0 aliphatic heterocycles. The van der Waals surface area contributed by atoms with Gasteiger partial charge < -0.3 is 10.8 Å². The number of hydrogen-bond acceptors (Lipinski definition) is 5. The highest BCUT2D eigenvalue weighted by atomic mass is 35.5. The quantitative estimate of drug-likeness (QED) is 0.511. The minimum atomic E-state index is -1.41. The van der Waals surface area contributed by atoms with E-state index >= 15 is 0 Å². The van der Waals surface area contributed by atoms with Gasteiger partial charge in [-0.25, -0.2) is 14.6 Å². The van der Waals surface area contributed by atoms with Crippen molar-refractivity contribution in [3.8, 4) is 0 Å². The van der Waals surface area contributed by atoms with Crippen LogP contribution in [0.3, 0.4) is 0 Å². The SMILES string of the molecule is Cl.NC(C(=O)O)n1cnc2c(=O)[nH]c(=O)[nH]c21. The molecule has 0 saturated heterocycles. The van der Waals surface area contributed by atoms with Crippen LogP contribution in [0, 0.1) is 0 Å². The minimum absolute atomic E-state index is 0. The van der Waals surface area contributed by atoms with Gasteiger partial charge in [-0.05, 0) is 0 Å². The fourth-order valence-electron chi connectivity index (χ4n) is 1.28. The average molecular weight is 262 g/mol. The zero-order valence-corrected chi connectivity index (χ0v) is 9.02. The summed E-state index contributed by atoms with van der Waals surface area (Å²) in [5.41, 5.74) is 3.79. The molecular weight excluding hydrogens is 254 g/mol. The first-order valence-electron chi connectivity index (χ1n) is 4.18. The number of aromatic amines is 2. The number of H-pyrrole nitrogens is 2. The summed E-state index contributed by atoms with van der Waals surface area (Å²) in [6, 6.07) is 0. The van der Waals surface area contributed by atoms with Crippen LogP contribution >= 0.6 is 12.4 Å². The fraction of sp³-hybridized carbons (Fsp3) is 0.143. The predicted molar refractivity (Wildman–Crippen MR) is 59.1 cm³/mol. The lowest BCUT2D eigenvalue weighted by Crippen LogP contribution is -2.29.